The highest BCUT2D eigenvalue weighted by atomic mass is 16.3. The van der Waals surface area contributed by atoms with Crippen LogP contribution in [0, 0.1) is 11.8 Å². The number of hydrogen-bond acceptors (Lipinski definition) is 3. The van der Waals surface area contributed by atoms with Gasteiger partial charge in [0.1, 0.15) is 5.60 Å². The number of nitrogens with two attached hydrogens (primary N) is 1. The van der Waals surface area contributed by atoms with E-state index < -0.39 is 5.60 Å². The summed E-state index contributed by atoms with van der Waals surface area (Å²) in [5, 5.41) is 10.7. The highest BCUT2D eigenvalue weighted by molar-refractivity contribution is 5.22. The zero-order chi connectivity index (χ0) is 13.9. The molecule has 1 saturated carbocycles. The van der Waals surface area contributed by atoms with E-state index in [1.807, 2.05) is 30.3 Å². The maximum atomic E-state index is 10.7. The fraction of sp³-hybridized carbons (Fsp3) is 0.625. The molecular weight excluding hydrogens is 236 g/mol. The first-order valence-electron chi connectivity index (χ1n) is 7.21. The highest BCUT2D eigenvalue weighted by Crippen LogP contribution is 2.38. The van der Waals surface area contributed by atoms with E-state index in [1.54, 1.807) is 0 Å². The highest BCUT2D eigenvalue weighted by Gasteiger charge is 2.34. The van der Waals surface area contributed by atoms with Crippen LogP contribution in [0.2, 0.25) is 0 Å². The monoisotopic (exact) mass is 262 g/mol. The SMILES string of the molecule is CC1CC1CN(C)CCC(O)(CN)c1ccccc1. The molecule has 3 unspecified atom stereocenters. The second-order valence-corrected chi connectivity index (χ2v) is 6.09. The largest absolute Gasteiger partial charge is 0.384 e. The van der Waals surface area contributed by atoms with Crippen LogP contribution in [-0.2, 0) is 5.60 Å². The maximum absolute atomic E-state index is 10.7. The first-order chi connectivity index (χ1) is 9.05. The maximum Gasteiger partial charge on any atom is 0.103 e. The Labute approximate surface area is 116 Å². The van der Waals surface area contributed by atoms with Crippen molar-refractivity contribution < 1.29 is 5.11 Å². The van der Waals surface area contributed by atoms with Gasteiger partial charge < -0.3 is 15.7 Å². The molecule has 1 aliphatic carbocycles. The van der Waals surface area contributed by atoms with Gasteiger partial charge in [-0.1, -0.05) is 37.3 Å². The third-order valence-corrected chi connectivity index (χ3v) is 4.38. The van der Waals surface area contributed by atoms with Gasteiger partial charge in [-0.15, -0.1) is 0 Å². The van der Waals surface area contributed by atoms with Gasteiger partial charge in [-0.2, -0.15) is 0 Å². The molecule has 2 rings (SSSR count). The Kier molecular flexibility index (Phi) is 4.61. The fourth-order valence-electron chi connectivity index (χ4n) is 2.63. The zero-order valence-corrected chi connectivity index (χ0v) is 12.0. The van der Waals surface area contributed by atoms with Gasteiger partial charge in [0, 0.05) is 19.6 Å². The Morgan fingerprint density at radius 3 is 2.53 bits per heavy atom. The van der Waals surface area contributed by atoms with Crippen LogP contribution >= 0.6 is 0 Å². The van der Waals surface area contributed by atoms with Crippen molar-refractivity contribution >= 4 is 0 Å². The van der Waals surface area contributed by atoms with Gasteiger partial charge in [0.25, 0.3) is 0 Å². The minimum atomic E-state index is -0.898. The predicted octanol–water partition coefficient (Wildman–Crippen LogP) is 1.81. The summed E-state index contributed by atoms with van der Waals surface area (Å²) in [6.45, 7) is 4.59. The normalized spacial score (nSPS) is 25.3. The number of aliphatic hydroxyl groups is 1. The van der Waals surface area contributed by atoms with E-state index >= 15 is 0 Å². The molecule has 1 aromatic rings. The summed E-state index contributed by atoms with van der Waals surface area (Å²) >= 11 is 0. The molecular formula is C16H26N2O. The van der Waals surface area contributed by atoms with E-state index in [2.05, 4.69) is 18.9 Å². The molecule has 0 aromatic heterocycles. The van der Waals surface area contributed by atoms with E-state index in [0.717, 1.165) is 30.5 Å². The Bertz CT molecular complexity index is 395. The average Bonchev–Trinajstić information content (AvgIpc) is 3.12. The molecule has 0 radical (unpaired) electrons. The van der Waals surface area contributed by atoms with Crippen LogP contribution in [0.3, 0.4) is 0 Å². The van der Waals surface area contributed by atoms with Crippen molar-refractivity contribution in [3.63, 3.8) is 0 Å². The second-order valence-electron chi connectivity index (χ2n) is 6.09. The van der Waals surface area contributed by atoms with Crippen molar-refractivity contribution in [3.05, 3.63) is 35.9 Å². The first kappa shape index (κ1) is 14.5. The predicted molar refractivity (Wildman–Crippen MR) is 78.8 cm³/mol. The standard InChI is InChI=1S/C16H26N2O/c1-13-10-14(13)11-18(2)9-8-16(19,12-17)15-6-4-3-5-7-15/h3-7,13-14,19H,8-12,17H2,1-2H3. The lowest BCUT2D eigenvalue weighted by Crippen LogP contribution is -2.38. The molecule has 19 heavy (non-hydrogen) atoms. The van der Waals surface area contributed by atoms with Gasteiger partial charge in [0.05, 0.1) is 0 Å². The molecule has 0 aliphatic heterocycles. The third-order valence-electron chi connectivity index (χ3n) is 4.38. The number of nitrogens with zero attached hydrogens (tertiary/aromatic N) is 1. The van der Waals surface area contributed by atoms with E-state index in [1.165, 1.54) is 6.42 Å². The summed E-state index contributed by atoms with van der Waals surface area (Å²) in [5.41, 5.74) is 5.82. The zero-order valence-electron chi connectivity index (χ0n) is 12.0. The van der Waals surface area contributed by atoms with Crippen LogP contribution in [0.1, 0.15) is 25.3 Å². The quantitative estimate of drug-likeness (QED) is 0.788. The van der Waals surface area contributed by atoms with Gasteiger partial charge in [-0.05, 0) is 37.3 Å². The van der Waals surface area contributed by atoms with Crippen molar-refractivity contribution in [1.82, 2.24) is 4.90 Å². The van der Waals surface area contributed by atoms with E-state index in [0.29, 0.717) is 6.42 Å². The van der Waals surface area contributed by atoms with Crippen LogP contribution in [0.25, 0.3) is 0 Å². The van der Waals surface area contributed by atoms with Gasteiger partial charge in [0.15, 0.2) is 0 Å². The smallest absolute Gasteiger partial charge is 0.103 e. The Hall–Kier alpha value is -0.900. The molecule has 106 valence electrons. The molecule has 1 aromatic carbocycles. The Morgan fingerprint density at radius 1 is 1.37 bits per heavy atom. The summed E-state index contributed by atoms with van der Waals surface area (Å²) < 4.78 is 0. The van der Waals surface area contributed by atoms with Gasteiger partial charge in [-0.25, -0.2) is 0 Å². The number of benzene rings is 1. The molecule has 0 saturated heterocycles. The lowest BCUT2D eigenvalue weighted by atomic mass is 9.90. The van der Waals surface area contributed by atoms with Crippen LogP contribution < -0.4 is 5.73 Å². The van der Waals surface area contributed by atoms with E-state index in [-0.39, 0.29) is 6.54 Å². The minimum absolute atomic E-state index is 0.269. The molecule has 0 amide bonds. The molecule has 1 fully saturated rings. The second kappa shape index (κ2) is 6.04. The molecule has 3 heteroatoms. The van der Waals surface area contributed by atoms with E-state index in [9.17, 15) is 5.11 Å². The summed E-state index contributed by atoms with van der Waals surface area (Å²) in [7, 11) is 2.13. The van der Waals surface area contributed by atoms with Crippen molar-refractivity contribution in [3.8, 4) is 0 Å². The molecule has 0 spiro atoms. The lowest BCUT2D eigenvalue weighted by molar-refractivity contribution is 0.0276. The summed E-state index contributed by atoms with van der Waals surface area (Å²) in [4.78, 5) is 2.32. The molecule has 1 aliphatic rings. The average molecular weight is 262 g/mol. The van der Waals surface area contributed by atoms with E-state index in [4.69, 9.17) is 5.73 Å². The van der Waals surface area contributed by atoms with Crippen molar-refractivity contribution in [2.45, 2.75) is 25.4 Å². The summed E-state index contributed by atoms with van der Waals surface area (Å²) in [6.07, 6.45) is 2.04. The molecule has 0 bridgehead atoms. The van der Waals surface area contributed by atoms with Crippen LogP contribution in [0.15, 0.2) is 30.3 Å². The Balaban J connectivity index is 1.88. The molecule has 3 atom stereocenters. The van der Waals surface area contributed by atoms with Crippen LogP contribution in [0.4, 0.5) is 0 Å². The lowest BCUT2D eigenvalue weighted by Gasteiger charge is -2.29. The topological polar surface area (TPSA) is 49.5 Å². The Morgan fingerprint density at radius 2 is 2.00 bits per heavy atom. The molecule has 0 heterocycles. The van der Waals surface area contributed by atoms with Gasteiger partial charge in [-0.3, -0.25) is 0 Å². The van der Waals surface area contributed by atoms with Crippen molar-refractivity contribution in [2.24, 2.45) is 17.6 Å². The van der Waals surface area contributed by atoms with Crippen LogP contribution in [-0.4, -0.2) is 36.7 Å². The summed E-state index contributed by atoms with van der Waals surface area (Å²) in [5.74, 6) is 1.73. The van der Waals surface area contributed by atoms with Crippen molar-refractivity contribution in [2.75, 3.05) is 26.7 Å². The summed E-state index contributed by atoms with van der Waals surface area (Å²) in [6, 6.07) is 9.77. The number of hydrogen-bond donors (Lipinski definition) is 2. The van der Waals surface area contributed by atoms with Crippen molar-refractivity contribution in [1.29, 1.82) is 0 Å². The third kappa shape index (κ3) is 3.78. The van der Waals surface area contributed by atoms with Crippen LogP contribution in [0.5, 0.6) is 0 Å². The van der Waals surface area contributed by atoms with Gasteiger partial charge >= 0.3 is 0 Å². The minimum Gasteiger partial charge on any atom is -0.384 e. The molecule has 3 N–H and O–H groups in total. The molecule has 3 nitrogen and oxygen atoms in total. The number of rotatable bonds is 7. The van der Waals surface area contributed by atoms with Gasteiger partial charge in [0.2, 0.25) is 0 Å². The fourth-order valence-corrected chi connectivity index (χ4v) is 2.63. The first-order valence-corrected chi connectivity index (χ1v) is 7.21.